The van der Waals surface area contributed by atoms with E-state index in [4.69, 9.17) is 16.3 Å². The van der Waals surface area contributed by atoms with Gasteiger partial charge in [-0.2, -0.15) is 0 Å². The average molecular weight is 261 g/mol. The number of halogens is 1. The van der Waals surface area contributed by atoms with Crippen LogP contribution >= 0.6 is 11.6 Å². The number of phenolic OH excluding ortho intramolecular Hbond substituents is 1. The quantitative estimate of drug-likeness (QED) is 0.836. The summed E-state index contributed by atoms with van der Waals surface area (Å²) < 4.78 is 5.39. The first-order valence-electron chi connectivity index (χ1n) is 5.60. The molecule has 92 valence electrons. The molecule has 1 N–H and O–H groups in total. The molecule has 0 saturated carbocycles. The number of rotatable bonds is 4. The Labute approximate surface area is 111 Å². The van der Waals surface area contributed by atoms with E-state index in [1.54, 1.807) is 18.4 Å². The fraction of sp³-hybridized carbons (Fsp3) is 0.0667. The van der Waals surface area contributed by atoms with E-state index in [0.29, 0.717) is 5.75 Å². The smallest absolute Gasteiger partial charge is 0.134 e. The van der Waals surface area contributed by atoms with Crippen LogP contribution in [0.4, 0.5) is 0 Å². The van der Waals surface area contributed by atoms with E-state index in [0.717, 1.165) is 6.42 Å². The van der Waals surface area contributed by atoms with Gasteiger partial charge in [-0.1, -0.05) is 41.9 Å². The van der Waals surface area contributed by atoms with Crippen molar-refractivity contribution in [2.24, 2.45) is 0 Å². The number of hydrogen-bond acceptors (Lipinski definition) is 2. The van der Waals surface area contributed by atoms with Crippen LogP contribution in [0, 0.1) is 0 Å². The maximum Gasteiger partial charge on any atom is 0.134 e. The van der Waals surface area contributed by atoms with Gasteiger partial charge in [0.15, 0.2) is 0 Å². The van der Waals surface area contributed by atoms with Crippen LogP contribution in [0.2, 0.25) is 5.02 Å². The van der Waals surface area contributed by atoms with Gasteiger partial charge >= 0.3 is 0 Å². The van der Waals surface area contributed by atoms with Crippen LogP contribution < -0.4 is 4.74 Å². The highest BCUT2D eigenvalue weighted by Gasteiger charge is 1.99. The molecule has 0 aliphatic heterocycles. The van der Waals surface area contributed by atoms with Gasteiger partial charge < -0.3 is 9.84 Å². The van der Waals surface area contributed by atoms with Crippen molar-refractivity contribution in [2.75, 3.05) is 0 Å². The third-order valence-electron chi connectivity index (χ3n) is 2.42. The highest BCUT2D eigenvalue weighted by Crippen LogP contribution is 2.27. The number of benzene rings is 2. The fourth-order valence-corrected chi connectivity index (χ4v) is 1.66. The van der Waals surface area contributed by atoms with Gasteiger partial charge in [0, 0.05) is 6.07 Å². The van der Waals surface area contributed by atoms with Gasteiger partial charge in [0.05, 0.1) is 11.3 Å². The van der Waals surface area contributed by atoms with Crippen molar-refractivity contribution in [3.05, 3.63) is 71.5 Å². The van der Waals surface area contributed by atoms with Gasteiger partial charge in [-0.05, 0) is 30.2 Å². The maximum atomic E-state index is 9.26. The van der Waals surface area contributed by atoms with Gasteiger partial charge in [0.1, 0.15) is 11.5 Å². The van der Waals surface area contributed by atoms with E-state index in [1.165, 1.54) is 11.6 Å². The molecule has 0 amide bonds. The number of hydrogen-bond donors (Lipinski definition) is 1. The average Bonchev–Trinajstić information content (AvgIpc) is 2.40. The highest BCUT2D eigenvalue weighted by atomic mass is 35.5. The van der Waals surface area contributed by atoms with E-state index < -0.39 is 0 Å². The second-order valence-electron chi connectivity index (χ2n) is 3.79. The van der Waals surface area contributed by atoms with Crippen molar-refractivity contribution in [1.29, 1.82) is 0 Å². The molecule has 0 saturated heterocycles. The third-order valence-corrected chi connectivity index (χ3v) is 2.72. The monoisotopic (exact) mass is 260 g/mol. The minimum absolute atomic E-state index is 0.0530. The molecule has 0 aliphatic rings. The minimum atomic E-state index is 0.0530. The SMILES string of the molecule is Oc1ccc(O/C=C/Cc2ccccc2)cc1Cl. The normalized spacial score (nSPS) is 10.7. The van der Waals surface area contributed by atoms with Gasteiger partial charge in [0.25, 0.3) is 0 Å². The van der Waals surface area contributed by atoms with Gasteiger partial charge in [-0.15, -0.1) is 0 Å². The molecule has 0 atom stereocenters. The summed E-state index contributed by atoms with van der Waals surface area (Å²) in [5.74, 6) is 0.652. The molecular formula is C15H13ClO2. The largest absolute Gasteiger partial charge is 0.506 e. The molecule has 2 rings (SSSR count). The second kappa shape index (κ2) is 6.12. The van der Waals surface area contributed by atoms with Crippen LogP contribution in [-0.4, -0.2) is 5.11 Å². The van der Waals surface area contributed by atoms with Crippen molar-refractivity contribution in [3.8, 4) is 11.5 Å². The van der Waals surface area contributed by atoms with Gasteiger partial charge in [-0.25, -0.2) is 0 Å². The van der Waals surface area contributed by atoms with Crippen LogP contribution in [0.5, 0.6) is 11.5 Å². The lowest BCUT2D eigenvalue weighted by atomic mass is 10.2. The summed E-state index contributed by atoms with van der Waals surface area (Å²) in [7, 11) is 0. The summed E-state index contributed by atoms with van der Waals surface area (Å²) in [5.41, 5.74) is 1.22. The predicted molar refractivity (Wildman–Crippen MR) is 73.0 cm³/mol. The zero-order chi connectivity index (χ0) is 12.8. The summed E-state index contributed by atoms with van der Waals surface area (Å²) in [6.07, 6.45) is 4.36. The van der Waals surface area contributed by atoms with E-state index >= 15 is 0 Å². The Morgan fingerprint density at radius 3 is 2.61 bits per heavy atom. The lowest BCUT2D eigenvalue weighted by molar-refractivity contribution is 0.463. The molecule has 0 unspecified atom stereocenters. The summed E-state index contributed by atoms with van der Waals surface area (Å²) >= 11 is 5.77. The van der Waals surface area contributed by atoms with Crippen molar-refractivity contribution in [1.82, 2.24) is 0 Å². The summed E-state index contributed by atoms with van der Waals surface area (Å²) in [6, 6.07) is 14.8. The van der Waals surface area contributed by atoms with E-state index in [9.17, 15) is 5.11 Å². The second-order valence-corrected chi connectivity index (χ2v) is 4.20. The summed E-state index contributed by atoms with van der Waals surface area (Å²) in [6.45, 7) is 0. The molecule has 0 spiro atoms. The Hall–Kier alpha value is -1.93. The lowest BCUT2D eigenvalue weighted by Gasteiger charge is -2.02. The molecule has 0 bridgehead atoms. The number of allylic oxidation sites excluding steroid dienone is 1. The Kier molecular flexibility index (Phi) is 4.26. The number of phenols is 1. The first-order valence-corrected chi connectivity index (χ1v) is 5.97. The van der Waals surface area contributed by atoms with E-state index in [2.05, 4.69) is 12.1 Å². The maximum absolute atomic E-state index is 9.26. The van der Waals surface area contributed by atoms with Crippen LogP contribution in [-0.2, 0) is 6.42 Å². The molecule has 0 aliphatic carbocycles. The van der Waals surface area contributed by atoms with Crippen LogP contribution in [0.25, 0.3) is 0 Å². The molecule has 0 heterocycles. The Bertz CT molecular complexity index is 535. The first kappa shape index (κ1) is 12.5. The Morgan fingerprint density at radius 1 is 1.11 bits per heavy atom. The minimum Gasteiger partial charge on any atom is -0.506 e. The molecule has 2 nitrogen and oxygen atoms in total. The van der Waals surface area contributed by atoms with Crippen molar-refractivity contribution in [3.63, 3.8) is 0 Å². The van der Waals surface area contributed by atoms with Crippen molar-refractivity contribution in [2.45, 2.75) is 6.42 Å². The van der Waals surface area contributed by atoms with E-state index in [1.807, 2.05) is 24.3 Å². The van der Waals surface area contributed by atoms with Gasteiger partial charge in [-0.3, -0.25) is 0 Å². The fourth-order valence-electron chi connectivity index (χ4n) is 1.49. The van der Waals surface area contributed by atoms with Gasteiger partial charge in [0.2, 0.25) is 0 Å². The van der Waals surface area contributed by atoms with E-state index in [-0.39, 0.29) is 10.8 Å². The number of aromatic hydroxyl groups is 1. The van der Waals surface area contributed by atoms with Crippen LogP contribution in [0.15, 0.2) is 60.9 Å². The zero-order valence-corrected chi connectivity index (χ0v) is 10.5. The highest BCUT2D eigenvalue weighted by molar-refractivity contribution is 6.32. The molecule has 0 aromatic heterocycles. The zero-order valence-electron chi connectivity index (χ0n) is 9.71. The number of ether oxygens (including phenoxy) is 1. The van der Waals surface area contributed by atoms with Crippen molar-refractivity contribution < 1.29 is 9.84 Å². The molecule has 3 heteroatoms. The van der Waals surface area contributed by atoms with Crippen LogP contribution in [0.1, 0.15) is 5.56 Å². The molecule has 2 aromatic carbocycles. The van der Waals surface area contributed by atoms with Crippen LogP contribution in [0.3, 0.4) is 0 Å². The van der Waals surface area contributed by atoms with Crippen molar-refractivity contribution >= 4 is 11.6 Å². The third kappa shape index (κ3) is 3.54. The topological polar surface area (TPSA) is 29.5 Å². The predicted octanol–water partition coefficient (Wildman–Crippen LogP) is 4.18. The standard InChI is InChI=1S/C15H13ClO2/c16-14-11-13(8-9-15(14)17)18-10-4-7-12-5-2-1-3-6-12/h1-6,8-11,17H,7H2/b10-4+. The lowest BCUT2D eigenvalue weighted by Crippen LogP contribution is -1.84. The summed E-state index contributed by atoms with van der Waals surface area (Å²) in [5, 5.41) is 9.54. The molecule has 0 radical (unpaired) electrons. The molecule has 0 fully saturated rings. The molecule has 18 heavy (non-hydrogen) atoms. The summed E-state index contributed by atoms with van der Waals surface area (Å²) in [4.78, 5) is 0. The first-order chi connectivity index (χ1) is 8.75. The molecule has 2 aromatic rings. The Morgan fingerprint density at radius 2 is 1.89 bits per heavy atom. The Balaban J connectivity index is 1.89. The molecular weight excluding hydrogens is 248 g/mol.